The summed E-state index contributed by atoms with van der Waals surface area (Å²) < 4.78 is 1.93. The van der Waals surface area contributed by atoms with E-state index in [2.05, 4.69) is 5.10 Å². The van der Waals surface area contributed by atoms with E-state index < -0.39 is 0 Å². The lowest BCUT2D eigenvalue weighted by molar-refractivity contribution is -0.139. The van der Waals surface area contributed by atoms with Crippen LogP contribution in [0, 0.1) is 0 Å². The first-order valence-corrected chi connectivity index (χ1v) is 6.48. The molecule has 2 aliphatic rings. The lowest BCUT2D eigenvalue weighted by atomic mass is 10.2. The molecule has 0 atom stereocenters. The van der Waals surface area contributed by atoms with Gasteiger partial charge in [0.15, 0.2) is 0 Å². The predicted molar refractivity (Wildman–Crippen MR) is 70.0 cm³/mol. The van der Waals surface area contributed by atoms with Crippen LogP contribution in [0.25, 0.3) is 6.08 Å². The van der Waals surface area contributed by atoms with Gasteiger partial charge >= 0.3 is 0 Å². The Kier molecular flexibility index (Phi) is 3.03. The van der Waals surface area contributed by atoms with Crippen molar-refractivity contribution < 1.29 is 9.59 Å². The minimum Gasteiger partial charge on any atom is -0.275 e. The van der Waals surface area contributed by atoms with Crippen LogP contribution in [-0.2, 0) is 9.59 Å². The van der Waals surface area contributed by atoms with Crippen molar-refractivity contribution in [3.63, 3.8) is 0 Å². The number of carbonyl (C=O) groups is 2. The highest BCUT2D eigenvalue weighted by molar-refractivity contribution is 6.06. The maximum absolute atomic E-state index is 11.9. The normalized spacial score (nSPS) is 19.4. The first kappa shape index (κ1) is 11.9. The van der Waals surface area contributed by atoms with Crippen molar-refractivity contribution in [3.8, 4) is 0 Å². The number of imide groups is 1. The fourth-order valence-corrected chi connectivity index (χ4v) is 2.04. The predicted octanol–water partition coefficient (Wildman–Crippen LogP) is 1.55. The second-order valence-electron chi connectivity index (χ2n) is 4.84. The number of amides is 2. The van der Waals surface area contributed by atoms with Crippen molar-refractivity contribution in [2.75, 3.05) is 6.54 Å². The van der Waals surface area contributed by atoms with Gasteiger partial charge in [0.2, 0.25) is 0 Å². The van der Waals surface area contributed by atoms with Crippen molar-refractivity contribution in [1.82, 2.24) is 14.7 Å². The molecule has 0 saturated heterocycles. The molecular formula is C14H15N3O2. The third kappa shape index (κ3) is 2.65. The zero-order valence-corrected chi connectivity index (χ0v) is 10.5. The van der Waals surface area contributed by atoms with Crippen molar-refractivity contribution >= 4 is 17.9 Å². The van der Waals surface area contributed by atoms with Gasteiger partial charge in [-0.15, -0.1) is 0 Å². The van der Waals surface area contributed by atoms with Crippen LogP contribution in [0.5, 0.6) is 0 Å². The van der Waals surface area contributed by atoms with Crippen LogP contribution in [0.15, 0.2) is 30.6 Å². The molecule has 0 aromatic carbocycles. The number of rotatable bonds is 3. The van der Waals surface area contributed by atoms with Gasteiger partial charge in [-0.2, -0.15) is 5.10 Å². The Hall–Kier alpha value is -2.17. The summed E-state index contributed by atoms with van der Waals surface area (Å²) in [4.78, 5) is 24.7. The summed E-state index contributed by atoms with van der Waals surface area (Å²) in [5.74, 6) is -0.511. The molecule has 2 amide bonds. The van der Waals surface area contributed by atoms with Crippen LogP contribution >= 0.6 is 0 Å². The summed E-state index contributed by atoms with van der Waals surface area (Å²) in [5, 5.41) is 4.25. The Bertz CT molecular complexity index is 567. The molecular weight excluding hydrogens is 242 g/mol. The largest absolute Gasteiger partial charge is 0.275 e. The van der Waals surface area contributed by atoms with Crippen molar-refractivity contribution in [3.05, 3.63) is 36.2 Å². The Morgan fingerprint density at radius 3 is 3.00 bits per heavy atom. The van der Waals surface area contributed by atoms with Gasteiger partial charge in [0.25, 0.3) is 11.8 Å². The van der Waals surface area contributed by atoms with Crippen LogP contribution in [-0.4, -0.2) is 33.0 Å². The summed E-state index contributed by atoms with van der Waals surface area (Å²) in [6.45, 7) is 0.458. The van der Waals surface area contributed by atoms with Crippen LogP contribution in [0.3, 0.4) is 0 Å². The molecule has 0 unspecified atom stereocenters. The Morgan fingerprint density at radius 1 is 1.42 bits per heavy atom. The van der Waals surface area contributed by atoms with Gasteiger partial charge in [-0.1, -0.05) is 6.08 Å². The van der Waals surface area contributed by atoms with Crippen LogP contribution < -0.4 is 0 Å². The summed E-state index contributed by atoms with van der Waals surface area (Å²) in [6.07, 6.45) is 13.1. The average Bonchev–Trinajstić information content (AvgIpc) is 3.16. The Labute approximate surface area is 111 Å². The van der Waals surface area contributed by atoms with Gasteiger partial charge in [0.05, 0.1) is 12.2 Å². The molecule has 1 saturated carbocycles. The highest BCUT2D eigenvalue weighted by Crippen LogP contribution is 2.34. The van der Waals surface area contributed by atoms with E-state index in [0.29, 0.717) is 12.6 Å². The Balaban J connectivity index is 1.65. The highest BCUT2D eigenvalue weighted by Gasteiger charge is 2.24. The molecule has 1 aromatic heterocycles. The van der Waals surface area contributed by atoms with E-state index in [0.717, 1.165) is 12.0 Å². The number of carbonyl (C=O) groups excluding carboxylic acids is 2. The van der Waals surface area contributed by atoms with Crippen LogP contribution in [0.4, 0.5) is 0 Å². The smallest absolute Gasteiger partial charge is 0.253 e. The van der Waals surface area contributed by atoms with E-state index >= 15 is 0 Å². The van der Waals surface area contributed by atoms with Gasteiger partial charge < -0.3 is 0 Å². The number of hydrogen-bond donors (Lipinski definition) is 0. The number of nitrogens with zero attached hydrogens (tertiary/aromatic N) is 3. The van der Waals surface area contributed by atoms with E-state index in [1.165, 1.54) is 29.9 Å². The molecule has 1 aliphatic heterocycles. The molecule has 5 heteroatoms. The van der Waals surface area contributed by atoms with Crippen molar-refractivity contribution in [1.29, 1.82) is 0 Å². The second kappa shape index (κ2) is 4.84. The highest BCUT2D eigenvalue weighted by atomic mass is 16.2. The fourth-order valence-electron chi connectivity index (χ4n) is 2.04. The first-order valence-electron chi connectivity index (χ1n) is 6.48. The summed E-state index contributed by atoms with van der Waals surface area (Å²) >= 11 is 0. The van der Waals surface area contributed by atoms with E-state index in [1.807, 2.05) is 10.9 Å². The standard InChI is InChI=1S/C14H15N3O2/c18-13-3-1-2-8-16(13)14(19)7-4-11-9-15-17(10-11)12-5-6-12/h1,3-4,7,9-10,12H,2,5-6,8H2. The van der Waals surface area contributed by atoms with Crippen molar-refractivity contribution in [2.45, 2.75) is 25.3 Å². The number of hydrogen-bond acceptors (Lipinski definition) is 3. The zero-order chi connectivity index (χ0) is 13.2. The maximum atomic E-state index is 11.9. The van der Waals surface area contributed by atoms with E-state index in [1.54, 1.807) is 18.3 Å². The number of aromatic nitrogens is 2. The summed E-state index contributed by atoms with van der Waals surface area (Å²) in [7, 11) is 0. The van der Waals surface area contributed by atoms with Crippen LogP contribution in [0.2, 0.25) is 0 Å². The third-order valence-electron chi connectivity index (χ3n) is 3.27. The molecule has 2 heterocycles. The minimum atomic E-state index is -0.270. The Morgan fingerprint density at radius 2 is 2.26 bits per heavy atom. The molecule has 1 aromatic rings. The molecule has 98 valence electrons. The molecule has 3 rings (SSSR count). The maximum Gasteiger partial charge on any atom is 0.253 e. The van der Waals surface area contributed by atoms with Crippen molar-refractivity contribution in [2.24, 2.45) is 0 Å². The fraction of sp³-hybridized carbons (Fsp3) is 0.357. The van der Waals surface area contributed by atoms with E-state index in [-0.39, 0.29) is 11.8 Å². The van der Waals surface area contributed by atoms with Gasteiger partial charge in [0, 0.05) is 24.4 Å². The first-order chi connectivity index (χ1) is 9.24. The SMILES string of the molecule is O=C1C=CCCN1C(=O)C=Cc1cnn(C2CC2)c1. The monoisotopic (exact) mass is 257 g/mol. The zero-order valence-electron chi connectivity index (χ0n) is 10.5. The molecule has 1 aliphatic carbocycles. The van der Waals surface area contributed by atoms with E-state index in [9.17, 15) is 9.59 Å². The van der Waals surface area contributed by atoms with Gasteiger partial charge in [0.1, 0.15) is 0 Å². The summed E-state index contributed by atoms with van der Waals surface area (Å²) in [6, 6.07) is 0.534. The quantitative estimate of drug-likeness (QED) is 0.772. The van der Waals surface area contributed by atoms with Crippen LogP contribution in [0.1, 0.15) is 30.9 Å². The lowest BCUT2D eigenvalue weighted by Crippen LogP contribution is -2.37. The minimum absolute atomic E-state index is 0.241. The third-order valence-corrected chi connectivity index (χ3v) is 3.27. The second-order valence-corrected chi connectivity index (χ2v) is 4.84. The van der Waals surface area contributed by atoms with Gasteiger partial charge in [-0.25, -0.2) is 0 Å². The molecule has 0 radical (unpaired) electrons. The van der Waals surface area contributed by atoms with Gasteiger partial charge in [-0.05, 0) is 31.4 Å². The molecule has 0 bridgehead atoms. The summed E-state index contributed by atoms with van der Waals surface area (Å²) in [5.41, 5.74) is 0.889. The average molecular weight is 257 g/mol. The molecule has 0 spiro atoms. The van der Waals surface area contributed by atoms with Gasteiger partial charge in [-0.3, -0.25) is 19.2 Å². The lowest BCUT2D eigenvalue weighted by Gasteiger charge is -2.19. The molecule has 5 nitrogen and oxygen atoms in total. The molecule has 0 N–H and O–H groups in total. The molecule has 1 fully saturated rings. The molecule has 19 heavy (non-hydrogen) atoms. The topological polar surface area (TPSA) is 55.2 Å². The van der Waals surface area contributed by atoms with E-state index in [4.69, 9.17) is 0 Å².